The van der Waals surface area contributed by atoms with Crippen molar-refractivity contribution in [2.45, 2.75) is 78.4 Å². The van der Waals surface area contributed by atoms with E-state index in [-0.39, 0.29) is 36.2 Å². The number of ether oxygens (including phenoxy) is 3. The second kappa shape index (κ2) is 18.7. The number of carbonyl (C=O) groups is 1. The molecule has 0 saturated carbocycles. The Morgan fingerprint density at radius 3 is 2.40 bits per heavy atom. The Kier molecular flexibility index (Phi) is 17.9. The summed E-state index contributed by atoms with van der Waals surface area (Å²) >= 11 is 0. The number of nitrogens with one attached hydrogen (secondary N) is 1. The monoisotopic (exact) mass is 516 g/mol. The Morgan fingerprint density at radius 1 is 1.09 bits per heavy atom. The second-order valence-corrected chi connectivity index (χ2v) is 9.64. The van der Waals surface area contributed by atoms with Crippen molar-refractivity contribution >= 4 is 18.3 Å². The fourth-order valence-electron chi connectivity index (χ4n) is 3.95. The first-order valence-corrected chi connectivity index (χ1v) is 12.7. The van der Waals surface area contributed by atoms with E-state index in [4.69, 9.17) is 19.9 Å². The molecule has 0 aliphatic carbocycles. The van der Waals surface area contributed by atoms with Crippen LogP contribution in [-0.4, -0.2) is 57.1 Å². The van der Waals surface area contributed by atoms with Crippen molar-refractivity contribution in [1.29, 1.82) is 0 Å². The van der Waals surface area contributed by atoms with E-state index in [1.165, 1.54) is 0 Å². The molecule has 4 atom stereocenters. The van der Waals surface area contributed by atoms with Crippen LogP contribution in [0.15, 0.2) is 18.2 Å². The smallest absolute Gasteiger partial charge is 0.222 e. The van der Waals surface area contributed by atoms with Gasteiger partial charge in [0.1, 0.15) is 0 Å². The highest BCUT2D eigenvalue weighted by atomic mass is 35.5. The maximum absolute atomic E-state index is 12.3. The molecule has 1 aromatic carbocycles. The van der Waals surface area contributed by atoms with E-state index in [0.29, 0.717) is 44.3 Å². The summed E-state index contributed by atoms with van der Waals surface area (Å²) in [6.07, 6.45) is 3.95. The van der Waals surface area contributed by atoms with Gasteiger partial charge in [0, 0.05) is 38.6 Å². The standard InChI is InChI=1S/C27H48N2O5.ClH/c1-7-8-12-29-27(31)20(4)15-24(30)23(28)18-22(19(2)3)16-21-10-11-25(33-6)26(17-21)34-14-9-13-32-5;/h10-11,17,19-20,22-24,30H,7-9,12-16,18,28H2,1-6H3,(H,29,31);1H/t20-,22-,23-,24-;/m0./s1. The van der Waals surface area contributed by atoms with E-state index < -0.39 is 6.10 Å². The average molecular weight is 517 g/mol. The highest BCUT2D eigenvalue weighted by Gasteiger charge is 2.26. The number of carbonyl (C=O) groups excluding carboxylic acids is 1. The summed E-state index contributed by atoms with van der Waals surface area (Å²) in [5, 5.41) is 13.6. The largest absolute Gasteiger partial charge is 0.493 e. The van der Waals surface area contributed by atoms with Gasteiger partial charge in [-0.1, -0.05) is 40.2 Å². The number of aliphatic hydroxyl groups excluding tert-OH is 1. The summed E-state index contributed by atoms with van der Waals surface area (Å²) in [7, 11) is 3.32. The van der Waals surface area contributed by atoms with E-state index in [1.54, 1.807) is 14.2 Å². The van der Waals surface area contributed by atoms with E-state index in [2.05, 4.69) is 32.2 Å². The SMILES string of the molecule is CCCCNC(=O)[C@@H](C)C[C@H](O)[C@@H](N)C[C@H](Cc1ccc(OC)c(OCCCOC)c1)C(C)C.Cl. The summed E-state index contributed by atoms with van der Waals surface area (Å²) in [6, 6.07) is 5.64. The van der Waals surface area contributed by atoms with Crippen molar-refractivity contribution in [1.82, 2.24) is 5.32 Å². The molecule has 204 valence electrons. The van der Waals surface area contributed by atoms with Gasteiger partial charge in [-0.05, 0) is 55.2 Å². The van der Waals surface area contributed by atoms with Crippen LogP contribution in [-0.2, 0) is 16.0 Å². The highest BCUT2D eigenvalue weighted by molar-refractivity contribution is 5.85. The van der Waals surface area contributed by atoms with Crippen LogP contribution in [0.5, 0.6) is 11.5 Å². The van der Waals surface area contributed by atoms with E-state index in [0.717, 1.165) is 37.0 Å². The average Bonchev–Trinajstić information content (AvgIpc) is 2.81. The molecular formula is C27H49ClN2O5. The van der Waals surface area contributed by atoms with Gasteiger partial charge in [-0.2, -0.15) is 0 Å². The van der Waals surface area contributed by atoms with Crippen molar-refractivity contribution in [3.05, 3.63) is 23.8 Å². The Labute approximate surface area is 218 Å². The Hall–Kier alpha value is -1.54. The van der Waals surface area contributed by atoms with Crippen LogP contribution in [0.25, 0.3) is 0 Å². The lowest BCUT2D eigenvalue weighted by Gasteiger charge is -2.28. The van der Waals surface area contributed by atoms with Crippen LogP contribution in [0.1, 0.15) is 65.4 Å². The normalized spacial score (nSPS) is 14.5. The Morgan fingerprint density at radius 2 is 1.80 bits per heavy atom. The third-order valence-corrected chi connectivity index (χ3v) is 6.36. The minimum Gasteiger partial charge on any atom is -0.493 e. The quantitative estimate of drug-likeness (QED) is 0.250. The van der Waals surface area contributed by atoms with Crippen molar-refractivity contribution in [3.8, 4) is 11.5 Å². The lowest BCUT2D eigenvalue weighted by atomic mass is 9.82. The number of nitrogens with two attached hydrogens (primary N) is 1. The molecule has 1 aromatic rings. The van der Waals surface area contributed by atoms with Gasteiger partial charge >= 0.3 is 0 Å². The Bertz CT molecular complexity index is 704. The van der Waals surface area contributed by atoms with Crippen LogP contribution in [0.4, 0.5) is 0 Å². The number of hydrogen-bond donors (Lipinski definition) is 3. The lowest BCUT2D eigenvalue weighted by molar-refractivity contribution is -0.125. The van der Waals surface area contributed by atoms with Crippen LogP contribution >= 0.6 is 12.4 Å². The lowest BCUT2D eigenvalue weighted by Crippen LogP contribution is -2.41. The summed E-state index contributed by atoms with van der Waals surface area (Å²) in [5.74, 6) is 1.83. The molecule has 0 aliphatic heterocycles. The van der Waals surface area contributed by atoms with Crippen molar-refractivity contribution in [2.75, 3.05) is 34.0 Å². The maximum atomic E-state index is 12.3. The molecule has 0 radical (unpaired) electrons. The zero-order chi connectivity index (χ0) is 25.5. The fourth-order valence-corrected chi connectivity index (χ4v) is 3.95. The van der Waals surface area contributed by atoms with Gasteiger partial charge in [-0.3, -0.25) is 4.79 Å². The minimum atomic E-state index is -0.719. The summed E-state index contributed by atoms with van der Waals surface area (Å²) in [4.78, 5) is 12.3. The highest BCUT2D eigenvalue weighted by Crippen LogP contribution is 2.31. The van der Waals surface area contributed by atoms with Crippen LogP contribution in [0, 0.1) is 17.8 Å². The second-order valence-electron chi connectivity index (χ2n) is 9.64. The molecule has 0 unspecified atom stereocenters. The number of halogens is 1. The third kappa shape index (κ3) is 12.8. The summed E-state index contributed by atoms with van der Waals surface area (Å²) in [5.41, 5.74) is 7.56. The van der Waals surface area contributed by atoms with Gasteiger partial charge < -0.3 is 30.4 Å². The van der Waals surface area contributed by atoms with Crippen LogP contribution in [0.2, 0.25) is 0 Å². The first-order valence-electron chi connectivity index (χ1n) is 12.7. The van der Waals surface area contributed by atoms with E-state index >= 15 is 0 Å². The molecule has 0 fully saturated rings. The number of methoxy groups -OCH3 is 2. The van der Waals surface area contributed by atoms with Gasteiger partial charge in [0.25, 0.3) is 0 Å². The zero-order valence-electron chi connectivity index (χ0n) is 22.5. The molecule has 0 bridgehead atoms. The third-order valence-electron chi connectivity index (χ3n) is 6.36. The molecule has 8 heteroatoms. The molecule has 0 aromatic heterocycles. The fraction of sp³-hybridized carbons (Fsp3) is 0.741. The zero-order valence-corrected chi connectivity index (χ0v) is 23.4. The van der Waals surface area contributed by atoms with Gasteiger partial charge in [-0.15, -0.1) is 12.4 Å². The molecule has 7 nitrogen and oxygen atoms in total. The van der Waals surface area contributed by atoms with Crippen molar-refractivity contribution < 1.29 is 24.1 Å². The number of rotatable bonds is 18. The van der Waals surface area contributed by atoms with Gasteiger partial charge in [0.2, 0.25) is 5.91 Å². The molecule has 1 rings (SSSR count). The van der Waals surface area contributed by atoms with Gasteiger partial charge in [-0.25, -0.2) is 0 Å². The van der Waals surface area contributed by atoms with Gasteiger partial charge in [0.05, 0.1) is 19.8 Å². The predicted molar refractivity (Wildman–Crippen MR) is 145 cm³/mol. The van der Waals surface area contributed by atoms with Crippen molar-refractivity contribution in [3.63, 3.8) is 0 Å². The number of unbranched alkanes of at least 4 members (excludes halogenated alkanes) is 1. The van der Waals surface area contributed by atoms with Gasteiger partial charge in [0.15, 0.2) is 11.5 Å². The van der Waals surface area contributed by atoms with E-state index in [9.17, 15) is 9.90 Å². The molecule has 35 heavy (non-hydrogen) atoms. The maximum Gasteiger partial charge on any atom is 0.222 e. The molecule has 1 amide bonds. The molecule has 0 aliphatic rings. The van der Waals surface area contributed by atoms with Crippen molar-refractivity contribution in [2.24, 2.45) is 23.5 Å². The molecule has 0 saturated heterocycles. The topological polar surface area (TPSA) is 103 Å². The first-order chi connectivity index (χ1) is 16.2. The number of amides is 1. The molecule has 0 heterocycles. The number of aliphatic hydroxyl groups is 1. The van der Waals surface area contributed by atoms with Crippen LogP contribution in [0.3, 0.4) is 0 Å². The first kappa shape index (κ1) is 33.5. The number of hydrogen-bond acceptors (Lipinski definition) is 6. The van der Waals surface area contributed by atoms with Crippen LogP contribution < -0.4 is 20.5 Å². The predicted octanol–water partition coefficient (Wildman–Crippen LogP) is 4.37. The molecular weight excluding hydrogens is 468 g/mol. The molecule has 0 spiro atoms. The number of benzene rings is 1. The molecule has 4 N–H and O–H groups in total. The summed E-state index contributed by atoms with van der Waals surface area (Å²) in [6.45, 7) is 10.2. The van der Waals surface area contributed by atoms with E-state index in [1.807, 2.05) is 19.1 Å². The Balaban J connectivity index is 0.0000116. The minimum absolute atomic E-state index is 0. The summed E-state index contributed by atoms with van der Waals surface area (Å²) < 4.78 is 16.5.